The van der Waals surface area contributed by atoms with Crippen molar-refractivity contribution in [2.45, 2.75) is 25.6 Å². The van der Waals surface area contributed by atoms with Crippen molar-refractivity contribution in [3.63, 3.8) is 0 Å². The summed E-state index contributed by atoms with van der Waals surface area (Å²) in [5.41, 5.74) is 0.616. The first-order valence-corrected chi connectivity index (χ1v) is 9.85. The van der Waals surface area contributed by atoms with Crippen LogP contribution in [-0.2, 0) is 23.9 Å². The zero-order valence-corrected chi connectivity index (χ0v) is 17.2. The second kappa shape index (κ2) is 10.5. The van der Waals surface area contributed by atoms with Gasteiger partial charge in [-0.2, -0.15) is 13.2 Å². The number of pyridine rings is 1. The molecule has 2 aromatic carbocycles. The molecule has 0 aliphatic carbocycles. The Balaban J connectivity index is 1.51. The summed E-state index contributed by atoms with van der Waals surface area (Å²) in [6, 6.07) is 14.7. The van der Waals surface area contributed by atoms with Crippen molar-refractivity contribution in [3.8, 4) is 11.5 Å². The van der Waals surface area contributed by atoms with E-state index >= 15 is 0 Å². The Kier molecular flexibility index (Phi) is 7.50. The molecule has 3 rings (SSSR count). The molecule has 7 nitrogen and oxygen atoms in total. The second-order valence-electron chi connectivity index (χ2n) is 7.01. The predicted molar refractivity (Wildman–Crippen MR) is 114 cm³/mol. The van der Waals surface area contributed by atoms with Crippen LogP contribution < -0.4 is 15.4 Å². The number of aromatic nitrogens is 1. The Bertz CT molecular complexity index is 1120. The maximum absolute atomic E-state index is 12.8. The molecule has 1 aromatic heterocycles. The monoisotopic (exact) mass is 459 g/mol. The van der Waals surface area contributed by atoms with Crippen LogP contribution in [0.2, 0.25) is 0 Å². The lowest BCUT2D eigenvalue weighted by atomic mass is 10.1. The molecule has 0 aliphatic heterocycles. The van der Waals surface area contributed by atoms with E-state index in [0.29, 0.717) is 23.6 Å². The van der Waals surface area contributed by atoms with Gasteiger partial charge in [0, 0.05) is 24.4 Å². The van der Waals surface area contributed by atoms with E-state index in [-0.39, 0.29) is 18.7 Å². The van der Waals surface area contributed by atoms with Gasteiger partial charge in [-0.15, -0.1) is 0 Å². The van der Waals surface area contributed by atoms with E-state index in [4.69, 9.17) is 9.84 Å². The number of nitrogens with one attached hydrogen (secondary N) is 2. The van der Waals surface area contributed by atoms with Crippen molar-refractivity contribution in [2.75, 3.05) is 5.32 Å². The van der Waals surface area contributed by atoms with Crippen molar-refractivity contribution in [1.82, 2.24) is 10.3 Å². The largest absolute Gasteiger partial charge is 0.465 e. The van der Waals surface area contributed by atoms with Gasteiger partial charge >= 0.3 is 12.3 Å². The van der Waals surface area contributed by atoms with Gasteiger partial charge in [-0.05, 0) is 48.4 Å². The third-order valence-electron chi connectivity index (χ3n) is 4.48. The molecule has 33 heavy (non-hydrogen) atoms. The number of rotatable bonds is 8. The minimum atomic E-state index is -4.47. The summed E-state index contributed by atoms with van der Waals surface area (Å²) in [6.45, 7) is 0.0496. The summed E-state index contributed by atoms with van der Waals surface area (Å²) in [6.07, 6.45) is -3.63. The fourth-order valence-corrected chi connectivity index (χ4v) is 2.90. The number of ether oxygens (including phenoxy) is 1. The molecule has 0 radical (unpaired) electrons. The van der Waals surface area contributed by atoms with Crippen LogP contribution in [-0.4, -0.2) is 22.1 Å². The van der Waals surface area contributed by atoms with Crippen molar-refractivity contribution >= 4 is 17.7 Å². The fourth-order valence-electron chi connectivity index (χ4n) is 2.90. The van der Waals surface area contributed by atoms with Gasteiger partial charge in [-0.25, -0.2) is 4.79 Å². The Hall–Kier alpha value is -4.08. The van der Waals surface area contributed by atoms with Crippen molar-refractivity contribution in [2.24, 2.45) is 0 Å². The predicted octanol–water partition coefficient (Wildman–Crippen LogP) is 5.23. The number of hydrogen-bond acceptors (Lipinski definition) is 4. The number of carbonyl (C=O) groups excluding carboxylic acids is 1. The van der Waals surface area contributed by atoms with Gasteiger partial charge in [0.1, 0.15) is 11.5 Å². The van der Waals surface area contributed by atoms with Crippen LogP contribution in [0, 0.1) is 0 Å². The molecular weight excluding hydrogens is 439 g/mol. The minimum Gasteiger partial charge on any atom is -0.465 e. The van der Waals surface area contributed by atoms with E-state index in [1.165, 1.54) is 18.3 Å². The number of carbonyl (C=O) groups is 2. The molecule has 0 bridgehead atoms. The fraction of sp³-hybridized carbons (Fsp3) is 0.174. The van der Waals surface area contributed by atoms with Gasteiger partial charge in [0.05, 0.1) is 17.8 Å². The van der Waals surface area contributed by atoms with Crippen LogP contribution in [0.15, 0.2) is 66.9 Å². The average Bonchev–Trinajstić information content (AvgIpc) is 2.77. The molecule has 0 saturated carbocycles. The van der Waals surface area contributed by atoms with Crippen LogP contribution in [0.4, 0.5) is 23.7 Å². The Morgan fingerprint density at radius 2 is 1.76 bits per heavy atom. The topological polar surface area (TPSA) is 101 Å². The first-order valence-electron chi connectivity index (χ1n) is 9.85. The van der Waals surface area contributed by atoms with Gasteiger partial charge in [-0.3, -0.25) is 9.78 Å². The molecule has 0 saturated heterocycles. The summed E-state index contributed by atoms with van der Waals surface area (Å²) < 4.78 is 44.1. The molecule has 10 heteroatoms. The number of halogens is 3. The number of carboxylic acid groups (broad SMARTS) is 1. The van der Waals surface area contributed by atoms with Gasteiger partial charge in [-0.1, -0.05) is 18.2 Å². The number of amides is 2. The minimum absolute atomic E-state index is 0.0496. The number of hydrogen-bond donors (Lipinski definition) is 3. The molecule has 2 amide bonds. The van der Waals surface area contributed by atoms with Gasteiger partial charge in [0.2, 0.25) is 5.91 Å². The molecular formula is C23H20F3N3O4. The van der Waals surface area contributed by atoms with E-state index in [1.54, 1.807) is 36.4 Å². The highest BCUT2D eigenvalue weighted by atomic mass is 19.4. The quantitative estimate of drug-likeness (QED) is 0.428. The van der Waals surface area contributed by atoms with Gasteiger partial charge < -0.3 is 20.5 Å². The van der Waals surface area contributed by atoms with Crippen LogP contribution in [0.25, 0.3) is 0 Å². The van der Waals surface area contributed by atoms with Crippen LogP contribution >= 0.6 is 0 Å². The van der Waals surface area contributed by atoms with E-state index in [9.17, 15) is 22.8 Å². The van der Waals surface area contributed by atoms with Crippen molar-refractivity contribution in [1.29, 1.82) is 0 Å². The number of nitrogens with zero attached hydrogens (tertiary/aromatic N) is 1. The summed E-state index contributed by atoms with van der Waals surface area (Å²) in [4.78, 5) is 26.8. The van der Waals surface area contributed by atoms with Gasteiger partial charge in [0.15, 0.2) is 0 Å². The Morgan fingerprint density at radius 1 is 1.00 bits per heavy atom. The molecule has 0 fully saturated rings. The lowest BCUT2D eigenvalue weighted by Gasteiger charge is -2.10. The van der Waals surface area contributed by atoms with E-state index in [1.807, 2.05) is 0 Å². The molecule has 0 unspecified atom stereocenters. The van der Waals surface area contributed by atoms with E-state index < -0.39 is 23.7 Å². The highest BCUT2D eigenvalue weighted by molar-refractivity contribution is 5.90. The number of alkyl halides is 3. The zero-order chi connectivity index (χ0) is 23.8. The molecule has 0 spiro atoms. The molecule has 3 N–H and O–H groups in total. The van der Waals surface area contributed by atoms with E-state index in [0.717, 1.165) is 17.7 Å². The highest BCUT2D eigenvalue weighted by Gasteiger charge is 2.30. The number of aryl methyl sites for hydroxylation is 1. The standard InChI is InChI=1S/C23H20F3N3O4/c24-23(25,26)16-2-1-3-17(12-16)29-21(30)9-6-15-4-7-19(8-5-15)33-20-10-11-27-18(13-20)14-28-22(31)32/h1-5,7-8,10-13,28H,6,9,14H2,(H,29,30)(H,31,32). The maximum atomic E-state index is 12.8. The lowest BCUT2D eigenvalue weighted by Crippen LogP contribution is -2.20. The van der Waals surface area contributed by atoms with Crippen LogP contribution in [0.5, 0.6) is 11.5 Å². The summed E-state index contributed by atoms with van der Waals surface area (Å²) in [5.74, 6) is 0.629. The first-order chi connectivity index (χ1) is 15.7. The average molecular weight is 459 g/mol. The summed E-state index contributed by atoms with van der Waals surface area (Å²) in [7, 11) is 0. The van der Waals surface area contributed by atoms with E-state index in [2.05, 4.69) is 15.6 Å². The third-order valence-corrected chi connectivity index (χ3v) is 4.48. The van der Waals surface area contributed by atoms with Crippen molar-refractivity contribution in [3.05, 3.63) is 83.7 Å². The summed E-state index contributed by atoms with van der Waals surface area (Å²) >= 11 is 0. The third kappa shape index (κ3) is 7.53. The Labute approximate surface area is 187 Å². The normalized spacial score (nSPS) is 11.0. The molecule has 3 aromatic rings. The zero-order valence-electron chi connectivity index (χ0n) is 17.2. The maximum Gasteiger partial charge on any atom is 0.416 e. The number of benzene rings is 2. The lowest BCUT2D eigenvalue weighted by molar-refractivity contribution is -0.137. The first kappa shape index (κ1) is 23.6. The highest BCUT2D eigenvalue weighted by Crippen LogP contribution is 2.30. The molecule has 1 heterocycles. The Morgan fingerprint density at radius 3 is 2.45 bits per heavy atom. The molecule has 0 atom stereocenters. The molecule has 172 valence electrons. The summed E-state index contributed by atoms with van der Waals surface area (Å²) in [5, 5.41) is 13.4. The van der Waals surface area contributed by atoms with Crippen molar-refractivity contribution < 1.29 is 32.6 Å². The van der Waals surface area contributed by atoms with Crippen LogP contribution in [0.1, 0.15) is 23.2 Å². The SMILES string of the molecule is O=C(O)NCc1cc(Oc2ccc(CCC(=O)Nc3cccc(C(F)(F)F)c3)cc2)ccn1. The molecule has 0 aliphatic rings. The van der Waals surface area contributed by atoms with Crippen LogP contribution in [0.3, 0.4) is 0 Å². The number of anilines is 1. The second-order valence-corrected chi connectivity index (χ2v) is 7.01. The smallest absolute Gasteiger partial charge is 0.416 e. The van der Waals surface area contributed by atoms with Gasteiger partial charge in [0.25, 0.3) is 0 Å².